The van der Waals surface area contributed by atoms with Crippen LogP contribution < -0.4 is 64.8 Å². The van der Waals surface area contributed by atoms with Gasteiger partial charge in [0.1, 0.15) is 6.04 Å². The minimum Gasteiger partial charge on any atom is -0.780 e. The van der Waals surface area contributed by atoms with Crippen molar-refractivity contribution in [2.45, 2.75) is 19.9 Å². The number of nitrogens with two attached hydrogens (primary N) is 1. The summed E-state index contributed by atoms with van der Waals surface area (Å²) in [5.41, 5.74) is 5.16. The summed E-state index contributed by atoms with van der Waals surface area (Å²) in [5, 5.41) is 8.23. The van der Waals surface area contributed by atoms with E-state index in [1.807, 2.05) is 0 Å². The molecule has 0 bridgehead atoms. The van der Waals surface area contributed by atoms with Gasteiger partial charge in [0.05, 0.1) is 0 Å². The van der Waals surface area contributed by atoms with E-state index in [-0.39, 0.29) is 65.0 Å². The average molecular weight is 275 g/mol. The molecule has 0 aromatic rings. The molecule has 15 heavy (non-hydrogen) atoms. The molecule has 0 saturated carbocycles. The summed E-state index contributed by atoms with van der Waals surface area (Å²) in [4.78, 5) is 10.0. The molecule has 0 spiro atoms. The van der Waals surface area contributed by atoms with Gasteiger partial charge in [-0.05, 0) is 17.1 Å². The quantitative estimate of drug-likeness (QED) is 0.479. The average Bonchev–Trinajstić information content (AvgIpc) is 1.81. The summed E-state index contributed by atoms with van der Waals surface area (Å²) in [7, 11) is -4.33. The van der Waals surface area contributed by atoms with Crippen LogP contribution in [-0.2, 0) is 25.0 Å². The molecule has 0 unspecified atom stereocenters. The largest absolute Gasteiger partial charge is 1.00 e. The molecule has 3 N–H and O–H groups in total. The van der Waals surface area contributed by atoms with Gasteiger partial charge in [0, 0.05) is 0 Å². The third kappa shape index (κ3) is 31.3. The summed E-state index contributed by atoms with van der Waals surface area (Å²) >= 11 is 3.24. The fourth-order valence-electron chi connectivity index (χ4n) is 0.285. The van der Waals surface area contributed by atoms with E-state index in [2.05, 4.69) is 11.2 Å². The third-order valence-corrected chi connectivity index (χ3v) is 1.00. The molecule has 0 aromatic carbocycles. The monoisotopic (exact) mass is 275 g/mol. The molecule has 0 aliphatic carbocycles. The summed E-state index contributed by atoms with van der Waals surface area (Å²) in [5.74, 6) is -0.910. The number of carboxylic acid groups (broad SMARTS) is 1. The first kappa shape index (κ1) is 25.5. The van der Waals surface area contributed by atoms with Gasteiger partial charge in [-0.3, -0.25) is 9.00 Å². The van der Waals surface area contributed by atoms with Crippen molar-refractivity contribution in [1.29, 1.82) is 0 Å². The van der Waals surface area contributed by atoms with E-state index in [9.17, 15) is 4.79 Å². The Morgan fingerprint density at radius 1 is 1.40 bits per heavy atom. The predicted octanol–water partition coefficient (Wildman–Crippen LogP) is -6.94. The molecular formula is C5H11NNa2O5S2. The number of carboxylic acids is 1. The minimum atomic E-state index is -4.33. The number of aliphatic carboxylic acids is 1. The van der Waals surface area contributed by atoms with Gasteiger partial charge in [0.25, 0.3) is 0 Å². The van der Waals surface area contributed by atoms with Crippen molar-refractivity contribution in [3.05, 3.63) is 0 Å². The maximum Gasteiger partial charge on any atom is 1.00 e. The summed E-state index contributed by atoms with van der Waals surface area (Å²) in [6.07, 6.45) is 0. The Labute approximate surface area is 138 Å². The van der Waals surface area contributed by atoms with Gasteiger partial charge in [-0.25, -0.2) is 0 Å². The Bertz CT molecular complexity index is 248. The van der Waals surface area contributed by atoms with Crippen molar-refractivity contribution in [3.63, 3.8) is 0 Å². The van der Waals surface area contributed by atoms with Crippen molar-refractivity contribution in [3.8, 4) is 0 Å². The summed E-state index contributed by atoms with van der Waals surface area (Å²) in [6.45, 7) is 3.55. The molecule has 0 aliphatic heterocycles. The molecule has 0 aromatic heterocycles. The SMILES string of the molecule is CC(C)[C@H](N)C(=O)O.O=S([O-])([O-])=S.[Na+].[Na+]. The smallest absolute Gasteiger partial charge is 0.780 e. The van der Waals surface area contributed by atoms with Crippen LogP contribution in [0.4, 0.5) is 0 Å². The van der Waals surface area contributed by atoms with Crippen LogP contribution in [0.15, 0.2) is 0 Å². The fraction of sp³-hybridized carbons (Fsp3) is 0.800. The molecule has 1 atom stereocenters. The minimum absolute atomic E-state index is 0. The second-order valence-electron chi connectivity index (χ2n) is 2.52. The number of hydrogen-bond acceptors (Lipinski definition) is 6. The molecule has 0 amide bonds. The Morgan fingerprint density at radius 2 is 1.60 bits per heavy atom. The first-order chi connectivity index (χ1) is 5.55. The van der Waals surface area contributed by atoms with Crippen LogP contribution in [0.25, 0.3) is 0 Å². The van der Waals surface area contributed by atoms with E-state index in [4.69, 9.17) is 24.2 Å². The fourth-order valence-corrected chi connectivity index (χ4v) is 0.285. The standard InChI is InChI=1S/C5H11NO2.2Na.H2O3S2/c1-3(2)4(6)5(7)8;;;1-5(2,3)4/h3-4H,6H2,1-2H3,(H,7,8);;;(H2,1,2,3,4)/q;2*+1;/p-2/t4-;;;/m0.../s1. The maximum atomic E-state index is 10.0. The van der Waals surface area contributed by atoms with Gasteiger partial charge in [-0.1, -0.05) is 13.8 Å². The maximum absolute atomic E-state index is 10.0. The van der Waals surface area contributed by atoms with Crippen molar-refractivity contribution >= 4 is 26.2 Å². The molecular weight excluding hydrogens is 264 g/mol. The molecule has 0 rings (SSSR count). The predicted molar refractivity (Wildman–Crippen MR) is 47.5 cm³/mol. The Hall–Kier alpha value is 1.72. The molecule has 0 heterocycles. The first-order valence-electron chi connectivity index (χ1n) is 3.20. The van der Waals surface area contributed by atoms with E-state index in [0.29, 0.717) is 0 Å². The zero-order valence-corrected chi connectivity index (χ0v) is 14.8. The van der Waals surface area contributed by atoms with E-state index in [1.54, 1.807) is 13.8 Å². The van der Waals surface area contributed by atoms with Crippen molar-refractivity contribution in [2.24, 2.45) is 11.7 Å². The van der Waals surface area contributed by atoms with Crippen LogP contribution in [0.1, 0.15) is 13.8 Å². The zero-order chi connectivity index (χ0) is 11.2. The third-order valence-electron chi connectivity index (χ3n) is 1.00. The van der Waals surface area contributed by atoms with Gasteiger partial charge >= 0.3 is 65.1 Å². The van der Waals surface area contributed by atoms with Gasteiger partial charge in [-0.2, -0.15) is 0 Å². The molecule has 0 saturated heterocycles. The zero-order valence-electron chi connectivity index (χ0n) is 9.13. The molecule has 0 radical (unpaired) electrons. The second kappa shape index (κ2) is 12.2. The normalized spacial score (nSPS) is 11.3. The molecule has 0 aliphatic rings. The molecule has 0 fully saturated rings. The summed E-state index contributed by atoms with van der Waals surface area (Å²) < 4.78 is 26.7. The molecule has 6 nitrogen and oxygen atoms in total. The Morgan fingerprint density at radius 3 is 1.60 bits per heavy atom. The van der Waals surface area contributed by atoms with Crippen LogP contribution in [0.3, 0.4) is 0 Å². The van der Waals surface area contributed by atoms with Crippen molar-refractivity contribution < 1.29 is 82.3 Å². The number of carbonyl (C=O) groups is 1. The van der Waals surface area contributed by atoms with E-state index in [0.717, 1.165) is 0 Å². The second-order valence-corrected chi connectivity index (χ2v) is 4.56. The number of hydrogen-bond donors (Lipinski definition) is 2. The van der Waals surface area contributed by atoms with Crippen molar-refractivity contribution in [2.75, 3.05) is 0 Å². The van der Waals surface area contributed by atoms with Crippen molar-refractivity contribution in [1.82, 2.24) is 0 Å². The first-order valence-corrected chi connectivity index (χ1v) is 5.54. The van der Waals surface area contributed by atoms with Gasteiger partial charge < -0.3 is 19.9 Å². The van der Waals surface area contributed by atoms with E-state index < -0.39 is 21.1 Å². The Balaban J connectivity index is -0.0000000770. The van der Waals surface area contributed by atoms with Gasteiger partial charge in [0.2, 0.25) is 0 Å². The van der Waals surface area contributed by atoms with Crippen LogP contribution in [0.5, 0.6) is 0 Å². The molecule has 80 valence electrons. The van der Waals surface area contributed by atoms with Gasteiger partial charge in [0.15, 0.2) is 0 Å². The topological polar surface area (TPSA) is 127 Å². The van der Waals surface area contributed by atoms with Crippen LogP contribution in [0, 0.1) is 5.92 Å². The van der Waals surface area contributed by atoms with Crippen LogP contribution in [-0.4, -0.2) is 30.4 Å². The van der Waals surface area contributed by atoms with E-state index >= 15 is 0 Å². The van der Waals surface area contributed by atoms with E-state index in [1.165, 1.54) is 0 Å². The van der Waals surface area contributed by atoms with Gasteiger partial charge in [-0.15, -0.1) is 9.05 Å². The molecule has 10 heteroatoms. The number of rotatable bonds is 2. The summed E-state index contributed by atoms with van der Waals surface area (Å²) in [6, 6.07) is -0.713. The van der Waals surface area contributed by atoms with Crippen LogP contribution in [0.2, 0.25) is 0 Å². The Kier molecular flexibility index (Phi) is 20.7. The van der Waals surface area contributed by atoms with Crippen LogP contribution >= 0.6 is 0 Å².